The molecule has 0 bridgehead atoms. The number of amides is 2. The molecule has 1 atom stereocenters. The minimum absolute atomic E-state index is 0.0866. The number of carbonyl (C=O) groups is 2. The molecule has 1 saturated heterocycles. The van der Waals surface area contributed by atoms with Crippen LogP contribution in [-0.2, 0) is 16.1 Å². The number of carbonyl (C=O) groups excluding carboxylic acids is 2. The van der Waals surface area contributed by atoms with Crippen LogP contribution in [0.5, 0.6) is 5.75 Å². The first-order valence-electron chi connectivity index (χ1n) is 8.03. The molecule has 2 aromatic carbocycles. The van der Waals surface area contributed by atoms with Gasteiger partial charge in [0.2, 0.25) is 11.8 Å². The van der Waals surface area contributed by atoms with E-state index in [4.69, 9.17) is 4.74 Å². The lowest BCUT2D eigenvalue weighted by molar-refractivity contribution is -0.128. The zero-order valence-electron chi connectivity index (χ0n) is 13.9. The molecule has 25 heavy (non-hydrogen) atoms. The van der Waals surface area contributed by atoms with Gasteiger partial charge in [-0.15, -0.1) is 0 Å². The smallest absolute Gasteiger partial charge is 0.229 e. The highest BCUT2D eigenvalue weighted by Crippen LogP contribution is 2.23. The molecule has 0 saturated carbocycles. The van der Waals surface area contributed by atoms with E-state index in [1.54, 1.807) is 24.1 Å². The average Bonchev–Trinajstić information content (AvgIpc) is 2.98. The third kappa shape index (κ3) is 3.96. The van der Waals surface area contributed by atoms with Crippen LogP contribution < -0.4 is 10.1 Å². The maximum atomic E-state index is 13.6. The average molecular weight is 342 g/mol. The predicted octanol–water partition coefficient (Wildman–Crippen LogP) is 2.82. The van der Waals surface area contributed by atoms with Gasteiger partial charge in [0, 0.05) is 19.5 Å². The van der Waals surface area contributed by atoms with Gasteiger partial charge >= 0.3 is 0 Å². The van der Waals surface area contributed by atoms with Crippen LogP contribution in [-0.4, -0.2) is 30.4 Å². The first-order valence-corrected chi connectivity index (χ1v) is 8.03. The van der Waals surface area contributed by atoms with E-state index in [2.05, 4.69) is 5.32 Å². The lowest BCUT2D eigenvalue weighted by Crippen LogP contribution is -2.28. The minimum atomic E-state index is -0.492. The summed E-state index contributed by atoms with van der Waals surface area (Å²) in [5, 5.41) is 2.56. The van der Waals surface area contributed by atoms with Gasteiger partial charge in [-0.1, -0.05) is 24.3 Å². The molecule has 130 valence electrons. The molecule has 2 amide bonds. The van der Waals surface area contributed by atoms with Crippen LogP contribution >= 0.6 is 0 Å². The van der Waals surface area contributed by atoms with Gasteiger partial charge in [-0.25, -0.2) is 4.39 Å². The molecule has 0 spiro atoms. The first kappa shape index (κ1) is 17.0. The summed E-state index contributed by atoms with van der Waals surface area (Å²) in [7, 11) is 1.59. The van der Waals surface area contributed by atoms with Crippen molar-refractivity contribution in [2.45, 2.75) is 13.0 Å². The second-order valence-corrected chi connectivity index (χ2v) is 6.00. The van der Waals surface area contributed by atoms with Gasteiger partial charge in [0.05, 0.1) is 18.7 Å². The lowest BCUT2D eigenvalue weighted by Gasteiger charge is -2.17. The van der Waals surface area contributed by atoms with Crippen LogP contribution in [0.15, 0.2) is 48.5 Å². The summed E-state index contributed by atoms with van der Waals surface area (Å²) in [6.45, 7) is 0.732. The van der Waals surface area contributed by atoms with Crippen molar-refractivity contribution in [3.8, 4) is 5.75 Å². The van der Waals surface area contributed by atoms with Crippen molar-refractivity contribution in [1.82, 2.24) is 4.90 Å². The Hall–Kier alpha value is -2.89. The van der Waals surface area contributed by atoms with E-state index in [0.29, 0.717) is 13.1 Å². The van der Waals surface area contributed by atoms with Gasteiger partial charge in [0.1, 0.15) is 11.6 Å². The highest BCUT2D eigenvalue weighted by molar-refractivity contribution is 5.97. The summed E-state index contributed by atoms with van der Waals surface area (Å²) in [5.41, 5.74) is 1.06. The molecule has 0 aliphatic carbocycles. The highest BCUT2D eigenvalue weighted by atomic mass is 19.1. The maximum absolute atomic E-state index is 13.6. The number of hydrogen-bond acceptors (Lipinski definition) is 3. The first-order chi connectivity index (χ1) is 12.1. The molecule has 6 heteroatoms. The van der Waals surface area contributed by atoms with E-state index in [1.165, 1.54) is 12.1 Å². The number of nitrogens with zero attached hydrogens (tertiary/aromatic N) is 1. The lowest BCUT2D eigenvalue weighted by atomic mass is 10.1. The number of benzene rings is 2. The molecule has 1 aliphatic heterocycles. The van der Waals surface area contributed by atoms with Gasteiger partial charge in [0.25, 0.3) is 0 Å². The van der Waals surface area contributed by atoms with Crippen LogP contribution in [0, 0.1) is 11.7 Å². The topological polar surface area (TPSA) is 58.6 Å². The summed E-state index contributed by atoms with van der Waals surface area (Å²) in [6.07, 6.45) is 0.129. The second kappa shape index (κ2) is 7.34. The van der Waals surface area contributed by atoms with E-state index < -0.39 is 11.7 Å². The number of rotatable bonds is 5. The Morgan fingerprint density at radius 2 is 2.08 bits per heavy atom. The molecule has 0 radical (unpaired) electrons. The van der Waals surface area contributed by atoms with Gasteiger partial charge in [0.15, 0.2) is 0 Å². The Morgan fingerprint density at radius 1 is 1.28 bits per heavy atom. The molecule has 1 N–H and O–H groups in total. The molecule has 1 fully saturated rings. The summed E-state index contributed by atoms with van der Waals surface area (Å²) >= 11 is 0. The Bertz CT molecular complexity index is 794. The third-order valence-corrected chi connectivity index (χ3v) is 4.22. The fraction of sp³-hybridized carbons (Fsp3) is 0.263. The van der Waals surface area contributed by atoms with E-state index in [9.17, 15) is 14.0 Å². The Labute approximate surface area is 145 Å². The number of nitrogens with one attached hydrogen (secondary N) is 1. The molecule has 1 unspecified atom stereocenters. The number of hydrogen-bond donors (Lipinski definition) is 1. The molecular weight excluding hydrogens is 323 g/mol. The standard InChI is InChI=1S/C19H19FN2O3/c1-25-15-6-4-5-13(9-15)11-22-12-14(10-18(22)23)19(24)21-17-8-3-2-7-16(17)20/h2-9,14H,10-12H2,1H3,(H,21,24). The summed E-state index contributed by atoms with van der Waals surface area (Å²) in [5.74, 6) is -0.688. The molecule has 1 aliphatic rings. The van der Waals surface area contributed by atoms with E-state index >= 15 is 0 Å². The van der Waals surface area contributed by atoms with Crippen molar-refractivity contribution in [2.24, 2.45) is 5.92 Å². The van der Waals surface area contributed by atoms with Crippen LogP contribution in [0.3, 0.4) is 0 Å². The van der Waals surface area contributed by atoms with Gasteiger partial charge in [-0.3, -0.25) is 9.59 Å². The van der Waals surface area contributed by atoms with Crippen molar-refractivity contribution in [1.29, 1.82) is 0 Å². The van der Waals surface area contributed by atoms with Crippen LogP contribution in [0.4, 0.5) is 10.1 Å². The molecule has 0 aromatic heterocycles. The molecule has 5 nitrogen and oxygen atoms in total. The predicted molar refractivity (Wildman–Crippen MR) is 91.5 cm³/mol. The minimum Gasteiger partial charge on any atom is -0.497 e. The van der Waals surface area contributed by atoms with Crippen molar-refractivity contribution in [2.75, 3.05) is 19.0 Å². The SMILES string of the molecule is COc1cccc(CN2CC(C(=O)Nc3ccccc3F)CC2=O)c1. The van der Waals surface area contributed by atoms with Crippen LogP contribution in [0.25, 0.3) is 0 Å². The van der Waals surface area contributed by atoms with Gasteiger partial charge in [-0.2, -0.15) is 0 Å². The summed E-state index contributed by atoms with van der Waals surface area (Å²) < 4.78 is 18.8. The molecular formula is C19H19FN2O3. The number of para-hydroxylation sites is 1. The van der Waals surface area contributed by atoms with E-state index in [0.717, 1.165) is 11.3 Å². The largest absolute Gasteiger partial charge is 0.497 e. The number of ether oxygens (including phenoxy) is 1. The van der Waals surface area contributed by atoms with E-state index in [1.807, 2.05) is 24.3 Å². The third-order valence-electron chi connectivity index (χ3n) is 4.22. The normalized spacial score (nSPS) is 16.8. The Balaban J connectivity index is 1.63. The Kier molecular flexibility index (Phi) is 4.97. The summed E-state index contributed by atoms with van der Waals surface area (Å²) in [4.78, 5) is 26.2. The van der Waals surface area contributed by atoms with Gasteiger partial charge in [-0.05, 0) is 29.8 Å². The van der Waals surface area contributed by atoms with Crippen molar-refractivity contribution in [3.05, 3.63) is 59.9 Å². The van der Waals surface area contributed by atoms with Crippen molar-refractivity contribution < 1.29 is 18.7 Å². The number of anilines is 1. The number of methoxy groups -OCH3 is 1. The fourth-order valence-electron chi connectivity index (χ4n) is 2.89. The summed E-state index contributed by atoms with van der Waals surface area (Å²) in [6, 6.07) is 13.4. The van der Waals surface area contributed by atoms with Crippen LogP contribution in [0.1, 0.15) is 12.0 Å². The molecule has 1 heterocycles. The van der Waals surface area contributed by atoms with Gasteiger partial charge < -0.3 is 15.0 Å². The maximum Gasteiger partial charge on any atom is 0.229 e. The van der Waals surface area contributed by atoms with Crippen molar-refractivity contribution >= 4 is 17.5 Å². The quantitative estimate of drug-likeness (QED) is 0.909. The number of likely N-dealkylation sites (tertiary alicyclic amines) is 1. The molecule has 3 rings (SSSR count). The van der Waals surface area contributed by atoms with Crippen molar-refractivity contribution in [3.63, 3.8) is 0 Å². The molecule has 2 aromatic rings. The second-order valence-electron chi connectivity index (χ2n) is 6.00. The zero-order valence-corrected chi connectivity index (χ0v) is 13.9. The monoisotopic (exact) mass is 342 g/mol. The van der Waals surface area contributed by atoms with E-state index in [-0.39, 0.29) is 23.9 Å². The fourth-order valence-corrected chi connectivity index (χ4v) is 2.89. The van der Waals surface area contributed by atoms with Crippen LogP contribution in [0.2, 0.25) is 0 Å². The Morgan fingerprint density at radius 3 is 2.84 bits per heavy atom. The zero-order chi connectivity index (χ0) is 17.8. The highest BCUT2D eigenvalue weighted by Gasteiger charge is 2.34. The number of halogens is 1.